The van der Waals surface area contributed by atoms with Gasteiger partial charge >= 0.3 is 0 Å². The molecule has 10 aromatic rings. The van der Waals surface area contributed by atoms with Crippen molar-refractivity contribution in [2.24, 2.45) is 0 Å². The lowest BCUT2D eigenvalue weighted by molar-refractivity contribution is 1.18. The second kappa shape index (κ2) is 11.0. The Labute approximate surface area is 283 Å². The topological polar surface area (TPSA) is 30.7 Å². The smallest absolute Gasteiger partial charge is 0.0620 e. The lowest BCUT2D eigenvalue weighted by Crippen LogP contribution is -1.95. The molecule has 0 spiro atoms. The maximum Gasteiger partial charge on any atom is 0.0620 e. The number of hydrogen-bond acceptors (Lipinski definition) is 2. The fourth-order valence-electron chi connectivity index (χ4n) is 7.88. The minimum Gasteiger partial charge on any atom is -0.309 e. The molecule has 3 aromatic heterocycles. The molecular formula is C46H29N3. The first-order chi connectivity index (χ1) is 24.3. The van der Waals surface area contributed by atoms with E-state index in [2.05, 4.69) is 160 Å². The van der Waals surface area contributed by atoms with Crippen molar-refractivity contribution in [2.75, 3.05) is 0 Å². The molecule has 0 aliphatic rings. The van der Waals surface area contributed by atoms with Gasteiger partial charge in [0.25, 0.3) is 0 Å². The van der Waals surface area contributed by atoms with Gasteiger partial charge in [-0.1, -0.05) is 115 Å². The zero-order chi connectivity index (χ0) is 32.3. The molecule has 0 bridgehead atoms. The molecule has 3 heteroatoms. The standard InChI is InChI=1S/C46H29N3/c1-3-12-30(13-4-1)44-35-18-8-9-19-36(35)45(32-14-11-24-47-28-32)40-26-31(21-22-37(40)44)39-27-41-42-29-48-25-23-43(42)49(33-15-5-2-6-16-33)46(41)38-20-10-7-17-34(38)39/h1-29H. The van der Waals surface area contributed by atoms with Crippen LogP contribution >= 0.6 is 0 Å². The Morgan fingerprint density at radius 2 is 1.00 bits per heavy atom. The average molecular weight is 624 g/mol. The summed E-state index contributed by atoms with van der Waals surface area (Å²) in [5, 5.41) is 9.65. The van der Waals surface area contributed by atoms with Crippen molar-refractivity contribution in [1.29, 1.82) is 0 Å². The van der Waals surface area contributed by atoms with Crippen molar-refractivity contribution >= 4 is 54.1 Å². The number of rotatable bonds is 4. The molecule has 0 saturated heterocycles. The Bertz CT molecular complexity index is 2850. The highest BCUT2D eigenvalue weighted by Crippen LogP contribution is 2.46. The van der Waals surface area contributed by atoms with Gasteiger partial charge in [-0.25, -0.2) is 0 Å². The van der Waals surface area contributed by atoms with E-state index < -0.39 is 0 Å². The first-order valence-corrected chi connectivity index (χ1v) is 16.6. The van der Waals surface area contributed by atoms with E-state index in [0.717, 1.165) is 22.2 Å². The largest absolute Gasteiger partial charge is 0.309 e. The van der Waals surface area contributed by atoms with E-state index in [-0.39, 0.29) is 0 Å². The van der Waals surface area contributed by atoms with Crippen LogP contribution in [0.25, 0.3) is 93.2 Å². The zero-order valence-electron chi connectivity index (χ0n) is 26.6. The summed E-state index contributed by atoms with van der Waals surface area (Å²) in [6, 6.07) is 54.8. The van der Waals surface area contributed by atoms with Gasteiger partial charge in [0.1, 0.15) is 0 Å². The van der Waals surface area contributed by atoms with Crippen LogP contribution in [-0.2, 0) is 0 Å². The molecule has 0 amide bonds. The molecule has 3 nitrogen and oxygen atoms in total. The lowest BCUT2D eigenvalue weighted by Gasteiger charge is -2.19. The van der Waals surface area contributed by atoms with Gasteiger partial charge in [0, 0.05) is 52.2 Å². The Balaban J connectivity index is 1.34. The van der Waals surface area contributed by atoms with Crippen molar-refractivity contribution in [3.63, 3.8) is 0 Å². The third-order valence-electron chi connectivity index (χ3n) is 9.93. The molecule has 0 unspecified atom stereocenters. The van der Waals surface area contributed by atoms with Crippen LogP contribution in [0.1, 0.15) is 0 Å². The quantitative estimate of drug-likeness (QED) is 0.183. The third kappa shape index (κ3) is 4.23. The first kappa shape index (κ1) is 27.5. The summed E-state index contributed by atoms with van der Waals surface area (Å²) in [4.78, 5) is 9.15. The first-order valence-electron chi connectivity index (χ1n) is 16.6. The van der Waals surface area contributed by atoms with E-state index >= 15 is 0 Å². The highest BCUT2D eigenvalue weighted by atomic mass is 15.0. The number of fused-ring (bicyclic) bond motifs is 7. The molecule has 0 aliphatic heterocycles. The number of pyridine rings is 2. The Morgan fingerprint density at radius 3 is 1.76 bits per heavy atom. The van der Waals surface area contributed by atoms with Crippen LogP contribution in [0.2, 0.25) is 0 Å². The Kier molecular flexibility index (Phi) is 6.18. The highest BCUT2D eigenvalue weighted by molar-refractivity contribution is 6.24. The molecular weight excluding hydrogens is 595 g/mol. The minimum absolute atomic E-state index is 1.11. The van der Waals surface area contributed by atoms with Gasteiger partial charge < -0.3 is 4.57 Å². The molecule has 0 aliphatic carbocycles. The zero-order valence-corrected chi connectivity index (χ0v) is 26.6. The normalized spacial score (nSPS) is 11.7. The van der Waals surface area contributed by atoms with Crippen molar-refractivity contribution in [1.82, 2.24) is 14.5 Å². The predicted octanol–water partition coefficient (Wildman–Crippen LogP) is 12.0. The predicted molar refractivity (Wildman–Crippen MR) is 205 cm³/mol. The van der Waals surface area contributed by atoms with Crippen molar-refractivity contribution < 1.29 is 0 Å². The van der Waals surface area contributed by atoms with E-state index in [1.54, 1.807) is 0 Å². The van der Waals surface area contributed by atoms with Crippen LogP contribution in [-0.4, -0.2) is 14.5 Å². The van der Waals surface area contributed by atoms with Crippen LogP contribution in [0.4, 0.5) is 0 Å². The lowest BCUT2D eigenvalue weighted by atomic mass is 9.84. The molecule has 3 heterocycles. The molecule has 0 radical (unpaired) electrons. The molecule has 0 saturated carbocycles. The van der Waals surface area contributed by atoms with Crippen LogP contribution in [0.15, 0.2) is 176 Å². The summed E-state index contributed by atoms with van der Waals surface area (Å²) >= 11 is 0. The summed E-state index contributed by atoms with van der Waals surface area (Å²) in [5.74, 6) is 0. The van der Waals surface area contributed by atoms with E-state index in [0.29, 0.717) is 0 Å². The van der Waals surface area contributed by atoms with Crippen LogP contribution < -0.4 is 0 Å². The maximum absolute atomic E-state index is 4.59. The van der Waals surface area contributed by atoms with Crippen LogP contribution in [0.5, 0.6) is 0 Å². The number of nitrogens with zero attached hydrogens (tertiary/aromatic N) is 3. The van der Waals surface area contributed by atoms with Gasteiger partial charge in [-0.2, -0.15) is 0 Å². The highest BCUT2D eigenvalue weighted by Gasteiger charge is 2.21. The van der Waals surface area contributed by atoms with E-state index in [9.17, 15) is 0 Å². The summed E-state index contributed by atoms with van der Waals surface area (Å²) in [5.41, 5.74) is 10.6. The summed E-state index contributed by atoms with van der Waals surface area (Å²) in [7, 11) is 0. The van der Waals surface area contributed by atoms with Crippen LogP contribution in [0, 0.1) is 0 Å². The minimum atomic E-state index is 1.11. The molecule has 0 N–H and O–H groups in total. The van der Waals surface area contributed by atoms with Gasteiger partial charge in [0.05, 0.1) is 11.0 Å². The van der Waals surface area contributed by atoms with Gasteiger partial charge in [-0.15, -0.1) is 0 Å². The molecule has 10 rings (SSSR count). The fourth-order valence-corrected chi connectivity index (χ4v) is 7.88. The van der Waals surface area contributed by atoms with Crippen molar-refractivity contribution in [3.8, 4) is 39.1 Å². The monoisotopic (exact) mass is 623 g/mol. The molecule has 0 fully saturated rings. The number of benzene rings is 7. The number of hydrogen-bond donors (Lipinski definition) is 0. The number of aromatic nitrogens is 3. The molecule has 7 aromatic carbocycles. The third-order valence-corrected chi connectivity index (χ3v) is 9.93. The number of para-hydroxylation sites is 1. The van der Waals surface area contributed by atoms with E-state index in [1.807, 2.05) is 30.9 Å². The Morgan fingerprint density at radius 1 is 0.367 bits per heavy atom. The van der Waals surface area contributed by atoms with Crippen LogP contribution in [0.3, 0.4) is 0 Å². The second-order valence-corrected chi connectivity index (χ2v) is 12.6. The van der Waals surface area contributed by atoms with Gasteiger partial charge in [-0.3, -0.25) is 9.97 Å². The molecule has 49 heavy (non-hydrogen) atoms. The summed E-state index contributed by atoms with van der Waals surface area (Å²) in [6.45, 7) is 0. The fraction of sp³-hybridized carbons (Fsp3) is 0. The van der Waals surface area contributed by atoms with E-state index in [4.69, 9.17) is 0 Å². The van der Waals surface area contributed by atoms with Gasteiger partial charge in [0.2, 0.25) is 0 Å². The van der Waals surface area contributed by atoms with Crippen molar-refractivity contribution in [3.05, 3.63) is 176 Å². The maximum atomic E-state index is 4.59. The SMILES string of the molecule is c1ccc(-c2c3ccccc3c(-c3cccnc3)c3cc(-c4cc5c6cnccc6n(-c6ccccc6)c5c5ccccc45)ccc23)cc1. The summed E-state index contributed by atoms with van der Waals surface area (Å²) in [6.07, 6.45) is 7.74. The molecule has 228 valence electrons. The van der Waals surface area contributed by atoms with Gasteiger partial charge in [-0.05, 0) is 91.1 Å². The summed E-state index contributed by atoms with van der Waals surface area (Å²) < 4.78 is 2.39. The van der Waals surface area contributed by atoms with Crippen molar-refractivity contribution in [2.45, 2.75) is 0 Å². The molecule has 0 atom stereocenters. The second-order valence-electron chi connectivity index (χ2n) is 12.6. The van der Waals surface area contributed by atoms with Gasteiger partial charge in [0.15, 0.2) is 0 Å². The van der Waals surface area contributed by atoms with E-state index in [1.165, 1.54) is 71.0 Å². The Hall–Kier alpha value is -6.58. The average Bonchev–Trinajstić information content (AvgIpc) is 3.52.